The number of aromatic amines is 1. The highest BCUT2D eigenvalue weighted by Gasteiger charge is 2.31. The summed E-state index contributed by atoms with van der Waals surface area (Å²) < 4.78 is 0. The van der Waals surface area contributed by atoms with E-state index in [4.69, 9.17) is 0 Å². The number of aromatic nitrogens is 1. The maximum absolute atomic E-state index is 11.7. The van der Waals surface area contributed by atoms with Crippen LogP contribution in [0, 0.1) is 5.92 Å². The SMILES string of the molecule is O=C(O)[C@H]1CCCC[C@@H]1c1ccc(Cc2c(-c3ccccc3)[nH]c3ccccc23)cc1. The summed E-state index contributed by atoms with van der Waals surface area (Å²) in [6.07, 6.45) is 4.73. The summed E-state index contributed by atoms with van der Waals surface area (Å²) in [5.74, 6) is -0.772. The molecule has 5 rings (SSSR count). The van der Waals surface area contributed by atoms with Crippen LogP contribution >= 0.6 is 0 Å². The van der Waals surface area contributed by atoms with Crippen molar-refractivity contribution in [1.82, 2.24) is 4.98 Å². The smallest absolute Gasteiger partial charge is 0.307 e. The average Bonchev–Trinajstić information content (AvgIpc) is 3.18. The Morgan fingerprint density at radius 1 is 0.871 bits per heavy atom. The minimum atomic E-state index is -0.653. The molecule has 31 heavy (non-hydrogen) atoms. The molecule has 1 fully saturated rings. The van der Waals surface area contributed by atoms with E-state index in [9.17, 15) is 9.90 Å². The summed E-state index contributed by atoms with van der Waals surface area (Å²) in [5, 5.41) is 10.9. The van der Waals surface area contributed by atoms with E-state index in [1.54, 1.807) is 0 Å². The van der Waals surface area contributed by atoms with Gasteiger partial charge in [-0.3, -0.25) is 4.79 Å². The maximum atomic E-state index is 11.7. The number of hydrogen-bond donors (Lipinski definition) is 2. The third-order valence-corrected chi connectivity index (χ3v) is 6.75. The molecule has 3 nitrogen and oxygen atoms in total. The van der Waals surface area contributed by atoms with E-state index in [1.807, 2.05) is 6.07 Å². The summed E-state index contributed by atoms with van der Waals surface area (Å²) in [6, 6.07) is 27.6. The summed E-state index contributed by atoms with van der Waals surface area (Å²) in [6.45, 7) is 0. The summed E-state index contributed by atoms with van der Waals surface area (Å²) >= 11 is 0. The Labute approximate surface area is 182 Å². The number of aliphatic carboxylic acids is 1. The van der Waals surface area contributed by atoms with Crippen molar-refractivity contribution in [2.45, 2.75) is 38.0 Å². The molecule has 0 bridgehead atoms. The Kier molecular flexibility index (Phi) is 5.33. The van der Waals surface area contributed by atoms with Crippen LogP contribution in [-0.4, -0.2) is 16.1 Å². The third-order valence-electron chi connectivity index (χ3n) is 6.75. The molecule has 1 heterocycles. The number of H-pyrrole nitrogens is 1. The zero-order valence-electron chi connectivity index (χ0n) is 17.6. The number of carboxylic acid groups (broad SMARTS) is 1. The summed E-state index contributed by atoms with van der Waals surface area (Å²) in [4.78, 5) is 15.3. The molecule has 0 radical (unpaired) electrons. The van der Waals surface area contributed by atoms with Crippen molar-refractivity contribution in [2.75, 3.05) is 0 Å². The molecule has 0 amide bonds. The molecule has 3 aromatic carbocycles. The molecule has 1 aliphatic rings. The van der Waals surface area contributed by atoms with E-state index >= 15 is 0 Å². The van der Waals surface area contributed by atoms with Crippen LogP contribution in [0.15, 0.2) is 78.9 Å². The fourth-order valence-electron chi connectivity index (χ4n) is 5.15. The lowest BCUT2D eigenvalue weighted by Gasteiger charge is -2.29. The van der Waals surface area contributed by atoms with Crippen molar-refractivity contribution >= 4 is 16.9 Å². The van der Waals surface area contributed by atoms with Crippen LogP contribution in [0.3, 0.4) is 0 Å². The number of para-hydroxylation sites is 1. The van der Waals surface area contributed by atoms with Crippen molar-refractivity contribution in [3.63, 3.8) is 0 Å². The molecule has 1 aromatic heterocycles. The Balaban J connectivity index is 1.47. The van der Waals surface area contributed by atoms with Gasteiger partial charge in [0.15, 0.2) is 0 Å². The highest BCUT2D eigenvalue weighted by atomic mass is 16.4. The normalized spacial score (nSPS) is 18.8. The first-order valence-corrected chi connectivity index (χ1v) is 11.2. The molecule has 1 aliphatic carbocycles. The van der Waals surface area contributed by atoms with Gasteiger partial charge in [-0.05, 0) is 47.1 Å². The van der Waals surface area contributed by atoms with Gasteiger partial charge < -0.3 is 10.1 Å². The molecule has 2 atom stereocenters. The van der Waals surface area contributed by atoms with Gasteiger partial charge in [-0.15, -0.1) is 0 Å². The predicted octanol–water partition coefficient (Wildman–Crippen LogP) is 6.78. The van der Waals surface area contributed by atoms with E-state index in [0.717, 1.165) is 43.2 Å². The van der Waals surface area contributed by atoms with Gasteiger partial charge in [0.05, 0.1) is 11.6 Å². The van der Waals surface area contributed by atoms with Gasteiger partial charge in [0.25, 0.3) is 0 Å². The molecule has 0 unspecified atom stereocenters. The summed E-state index contributed by atoms with van der Waals surface area (Å²) in [5.41, 5.74) is 7.22. The van der Waals surface area contributed by atoms with Crippen LogP contribution < -0.4 is 0 Å². The first-order chi connectivity index (χ1) is 15.2. The third kappa shape index (κ3) is 3.88. The highest BCUT2D eigenvalue weighted by molar-refractivity contribution is 5.91. The number of carbonyl (C=O) groups is 1. The second kappa shape index (κ2) is 8.43. The number of hydrogen-bond acceptors (Lipinski definition) is 1. The molecule has 0 saturated heterocycles. The number of nitrogens with one attached hydrogen (secondary N) is 1. The molecular weight excluding hydrogens is 382 g/mol. The maximum Gasteiger partial charge on any atom is 0.307 e. The predicted molar refractivity (Wildman–Crippen MR) is 125 cm³/mol. The molecule has 3 heteroatoms. The minimum absolute atomic E-state index is 0.133. The van der Waals surface area contributed by atoms with Gasteiger partial charge in [0.1, 0.15) is 0 Å². The van der Waals surface area contributed by atoms with E-state index in [-0.39, 0.29) is 11.8 Å². The number of benzene rings is 3. The van der Waals surface area contributed by atoms with Gasteiger partial charge in [0, 0.05) is 17.3 Å². The topological polar surface area (TPSA) is 53.1 Å². The lowest BCUT2D eigenvalue weighted by atomic mass is 9.75. The number of fused-ring (bicyclic) bond motifs is 1. The Bertz CT molecular complexity index is 1190. The van der Waals surface area contributed by atoms with Crippen molar-refractivity contribution in [3.05, 3.63) is 95.6 Å². The molecule has 0 aliphatic heterocycles. The van der Waals surface area contributed by atoms with E-state index in [0.29, 0.717) is 0 Å². The van der Waals surface area contributed by atoms with E-state index in [2.05, 4.69) is 77.8 Å². The van der Waals surface area contributed by atoms with Crippen molar-refractivity contribution in [1.29, 1.82) is 0 Å². The first kappa shape index (κ1) is 19.6. The van der Waals surface area contributed by atoms with Gasteiger partial charge in [-0.1, -0.05) is 85.6 Å². The lowest BCUT2D eigenvalue weighted by Crippen LogP contribution is -2.25. The fraction of sp³-hybridized carbons (Fsp3) is 0.250. The number of carboxylic acids is 1. The van der Waals surface area contributed by atoms with Crippen LogP contribution in [0.5, 0.6) is 0 Å². The highest BCUT2D eigenvalue weighted by Crippen LogP contribution is 2.38. The molecule has 0 spiro atoms. The van der Waals surface area contributed by atoms with Crippen molar-refractivity contribution in [3.8, 4) is 11.3 Å². The van der Waals surface area contributed by atoms with Crippen molar-refractivity contribution in [2.24, 2.45) is 5.92 Å². The molecule has 4 aromatic rings. The minimum Gasteiger partial charge on any atom is -0.481 e. The Morgan fingerprint density at radius 2 is 1.58 bits per heavy atom. The van der Waals surface area contributed by atoms with E-state index in [1.165, 1.54) is 27.8 Å². The Hall–Kier alpha value is -3.33. The molecule has 2 N–H and O–H groups in total. The Morgan fingerprint density at radius 3 is 2.35 bits per heavy atom. The van der Waals surface area contributed by atoms with Gasteiger partial charge >= 0.3 is 5.97 Å². The standard InChI is InChI=1S/C28H27NO2/c30-28(31)24-12-5-4-10-22(24)20-16-14-19(15-17-20)18-25-23-11-6-7-13-26(23)29-27(25)21-8-2-1-3-9-21/h1-3,6-9,11,13-17,22,24,29H,4-5,10,12,18H2,(H,30,31)/t22-,24+/m1/s1. The fourth-order valence-corrected chi connectivity index (χ4v) is 5.15. The molecule has 1 saturated carbocycles. The second-order valence-corrected chi connectivity index (χ2v) is 8.64. The number of rotatable bonds is 5. The largest absolute Gasteiger partial charge is 0.481 e. The quantitative estimate of drug-likeness (QED) is 0.381. The van der Waals surface area contributed by atoms with Crippen LogP contribution in [0.2, 0.25) is 0 Å². The van der Waals surface area contributed by atoms with Crippen molar-refractivity contribution < 1.29 is 9.90 Å². The van der Waals surface area contributed by atoms with Crippen LogP contribution in [0.1, 0.15) is 48.3 Å². The van der Waals surface area contributed by atoms with Crippen LogP contribution in [-0.2, 0) is 11.2 Å². The monoisotopic (exact) mass is 409 g/mol. The molecule has 156 valence electrons. The van der Waals surface area contributed by atoms with E-state index < -0.39 is 5.97 Å². The zero-order chi connectivity index (χ0) is 21.2. The average molecular weight is 410 g/mol. The van der Waals surface area contributed by atoms with Crippen LogP contribution in [0.25, 0.3) is 22.2 Å². The second-order valence-electron chi connectivity index (χ2n) is 8.64. The van der Waals surface area contributed by atoms with Crippen LogP contribution in [0.4, 0.5) is 0 Å². The van der Waals surface area contributed by atoms with Gasteiger partial charge in [-0.2, -0.15) is 0 Å². The zero-order valence-corrected chi connectivity index (χ0v) is 17.6. The lowest BCUT2D eigenvalue weighted by molar-refractivity contribution is -0.143. The van der Waals surface area contributed by atoms with Gasteiger partial charge in [-0.25, -0.2) is 0 Å². The van der Waals surface area contributed by atoms with Gasteiger partial charge in [0.2, 0.25) is 0 Å². The molecular formula is C28H27NO2. The summed E-state index contributed by atoms with van der Waals surface area (Å²) in [7, 11) is 0. The first-order valence-electron chi connectivity index (χ1n) is 11.2.